The summed E-state index contributed by atoms with van der Waals surface area (Å²) < 4.78 is 0. The molecule has 3 saturated carbocycles. The van der Waals surface area contributed by atoms with E-state index in [-0.39, 0.29) is 0 Å². The predicted molar refractivity (Wildman–Crippen MR) is 88.6 cm³/mol. The lowest BCUT2D eigenvalue weighted by molar-refractivity contribution is -0.0995. The summed E-state index contributed by atoms with van der Waals surface area (Å²) >= 11 is 0. The highest BCUT2D eigenvalue weighted by atomic mass is 14.6. The zero-order valence-corrected chi connectivity index (χ0v) is 13.6. The van der Waals surface area contributed by atoms with Gasteiger partial charge in [0.25, 0.3) is 0 Å². The second kappa shape index (κ2) is 4.91. The molecule has 0 amide bonds. The van der Waals surface area contributed by atoms with E-state index in [4.69, 9.17) is 6.42 Å². The van der Waals surface area contributed by atoms with Crippen molar-refractivity contribution in [2.75, 3.05) is 0 Å². The maximum atomic E-state index is 5.73. The van der Waals surface area contributed by atoms with Crippen LogP contribution in [0.2, 0.25) is 0 Å². The van der Waals surface area contributed by atoms with E-state index < -0.39 is 0 Å². The summed E-state index contributed by atoms with van der Waals surface area (Å²) in [5.41, 5.74) is 1.04. The van der Waals surface area contributed by atoms with Crippen LogP contribution in [0.3, 0.4) is 0 Å². The minimum absolute atomic E-state index is 0.383. The normalized spacial score (nSPS) is 51.6. The Hall–Kier alpha value is -0.700. The van der Waals surface area contributed by atoms with E-state index in [0.29, 0.717) is 10.8 Å². The summed E-state index contributed by atoms with van der Waals surface area (Å²) in [4.78, 5) is 0. The fourth-order valence-corrected chi connectivity index (χ4v) is 7.07. The standard InChI is InChI=1S/C21H30/c1-3-12-21-14-6-8-19(21)17-10-9-16-7-4-5-13-20(16,2)18(17)11-15-21/h1,6,14,16-19H,4-5,7-13,15H2,2H3/t16-,17-,18+,19+,20+,21+/m1/s1. The van der Waals surface area contributed by atoms with Gasteiger partial charge in [-0.3, -0.25) is 0 Å². The van der Waals surface area contributed by atoms with Crippen molar-refractivity contribution in [1.82, 2.24) is 0 Å². The minimum Gasteiger partial charge on any atom is -0.120 e. The van der Waals surface area contributed by atoms with E-state index in [1.165, 1.54) is 57.8 Å². The Morgan fingerprint density at radius 2 is 2.00 bits per heavy atom. The molecule has 0 aromatic carbocycles. The summed E-state index contributed by atoms with van der Waals surface area (Å²) in [5, 5.41) is 0. The first-order valence-electron chi connectivity index (χ1n) is 9.31. The van der Waals surface area contributed by atoms with Gasteiger partial charge in [-0.15, -0.1) is 12.3 Å². The summed E-state index contributed by atoms with van der Waals surface area (Å²) in [6, 6.07) is 0. The first-order chi connectivity index (χ1) is 10.2. The average Bonchev–Trinajstić information content (AvgIpc) is 2.91. The molecule has 0 aliphatic heterocycles. The van der Waals surface area contributed by atoms with Crippen LogP contribution in [0.15, 0.2) is 12.2 Å². The van der Waals surface area contributed by atoms with Crippen LogP contribution in [0, 0.1) is 46.8 Å². The van der Waals surface area contributed by atoms with Gasteiger partial charge in [0.1, 0.15) is 0 Å². The van der Waals surface area contributed by atoms with Gasteiger partial charge in [-0.2, -0.15) is 0 Å². The lowest BCUT2D eigenvalue weighted by atomic mass is 9.45. The molecule has 0 radical (unpaired) electrons. The molecule has 114 valence electrons. The molecule has 4 rings (SSSR count). The minimum atomic E-state index is 0.383. The lowest BCUT2D eigenvalue weighted by Gasteiger charge is -2.60. The maximum absolute atomic E-state index is 5.73. The van der Waals surface area contributed by atoms with Crippen molar-refractivity contribution < 1.29 is 0 Å². The van der Waals surface area contributed by atoms with Crippen LogP contribution in [-0.4, -0.2) is 0 Å². The fraction of sp³-hybridized carbons (Fsp3) is 0.810. The number of hydrogen-bond donors (Lipinski definition) is 0. The molecule has 0 heterocycles. The molecule has 0 spiro atoms. The highest BCUT2D eigenvalue weighted by molar-refractivity contribution is 5.20. The quantitative estimate of drug-likeness (QED) is 0.434. The van der Waals surface area contributed by atoms with Crippen molar-refractivity contribution in [2.45, 2.75) is 71.1 Å². The fourth-order valence-electron chi connectivity index (χ4n) is 7.07. The molecule has 0 bridgehead atoms. The second-order valence-electron chi connectivity index (χ2n) is 8.69. The molecular formula is C21H30. The molecule has 0 N–H and O–H groups in total. The largest absolute Gasteiger partial charge is 0.120 e. The zero-order chi connectivity index (χ0) is 14.5. The molecule has 0 heteroatoms. The Labute approximate surface area is 130 Å². The van der Waals surface area contributed by atoms with Crippen LogP contribution in [-0.2, 0) is 0 Å². The van der Waals surface area contributed by atoms with E-state index in [1.54, 1.807) is 0 Å². The lowest BCUT2D eigenvalue weighted by Crippen LogP contribution is -2.52. The smallest absolute Gasteiger partial charge is 0.0180 e. The van der Waals surface area contributed by atoms with Crippen molar-refractivity contribution in [3.05, 3.63) is 12.2 Å². The molecule has 0 saturated heterocycles. The van der Waals surface area contributed by atoms with Crippen LogP contribution in [0.5, 0.6) is 0 Å². The topological polar surface area (TPSA) is 0 Å². The molecule has 4 aliphatic rings. The Bertz CT molecular complexity index is 481. The van der Waals surface area contributed by atoms with Crippen molar-refractivity contribution in [2.24, 2.45) is 34.5 Å². The Kier molecular flexibility index (Phi) is 3.25. The van der Waals surface area contributed by atoms with Gasteiger partial charge in [0, 0.05) is 11.8 Å². The van der Waals surface area contributed by atoms with Gasteiger partial charge in [-0.05, 0) is 74.0 Å². The molecular weight excluding hydrogens is 252 g/mol. The molecule has 21 heavy (non-hydrogen) atoms. The van der Waals surface area contributed by atoms with Gasteiger partial charge in [0.2, 0.25) is 0 Å². The number of hydrogen-bond acceptors (Lipinski definition) is 0. The van der Waals surface area contributed by atoms with Crippen LogP contribution in [0.1, 0.15) is 71.1 Å². The van der Waals surface area contributed by atoms with E-state index in [2.05, 4.69) is 25.0 Å². The number of fused-ring (bicyclic) bond motifs is 5. The molecule has 0 aromatic heterocycles. The summed E-state index contributed by atoms with van der Waals surface area (Å²) in [6.45, 7) is 2.66. The Balaban J connectivity index is 1.64. The number of rotatable bonds is 1. The van der Waals surface area contributed by atoms with Gasteiger partial charge >= 0.3 is 0 Å². The number of terminal acetylenes is 1. The summed E-state index contributed by atoms with van der Waals surface area (Å²) in [6.07, 6.45) is 24.8. The molecule has 0 aromatic rings. The van der Waals surface area contributed by atoms with Crippen molar-refractivity contribution in [3.63, 3.8) is 0 Å². The summed E-state index contributed by atoms with van der Waals surface area (Å²) in [5.74, 6) is 6.86. The molecule has 3 fully saturated rings. The van der Waals surface area contributed by atoms with Crippen LogP contribution >= 0.6 is 0 Å². The third-order valence-corrected chi connectivity index (χ3v) is 8.11. The highest BCUT2D eigenvalue weighted by Crippen LogP contribution is 2.65. The molecule has 4 aliphatic carbocycles. The van der Waals surface area contributed by atoms with Gasteiger partial charge in [-0.25, -0.2) is 0 Å². The van der Waals surface area contributed by atoms with Crippen LogP contribution in [0.25, 0.3) is 0 Å². The Morgan fingerprint density at radius 1 is 1.10 bits per heavy atom. The summed E-state index contributed by atoms with van der Waals surface area (Å²) in [7, 11) is 0. The first-order valence-corrected chi connectivity index (χ1v) is 9.31. The zero-order valence-electron chi connectivity index (χ0n) is 13.6. The monoisotopic (exact) mass is 282 g/mol. The first kappa shape index (κ1) is 13.9. The van der Waals surface area contributed by atoms with Gasteiger partial charge in [0.05, 0.1) is 0 Å². The van der Waals surface area contributed by atoms with E-state index in [0.717, 1.165) is 30.1 Å². The predicted octanol–water partition coefficient (Wildman–Crippen LogP) is 5.59. The SMILES string of the molecule is C#CC[C@@]12C=CC[C@H]1[C@@H]1CC[C@H]3CCCC[C@]3(C)[C@H]1CC2. The second-order valence-corrected chi connectivity index (χ2v) is 8.69. The number of allylic oxidation sites excluding steroid dienone is 2. The van der Waals surface area contributed by atoms with Gasteiger partial charge in [-0.1, -0.05) is 31.9 Å². The van der Waals surface area contributed by atoms with Crippen molar-refractivity contribution >= 4 is 0 Å². The van der Waals surface area contributed by atoms with E-state index in [9.17, 15) is 0 Å². The van der Waals surface area contributed by atoms with E-state index in [1.807, 2.05) is 0 Å². The molecule has 6 atom stereocenters. The molecule has 0 nitrogen and oxygen atoms in total. The van der Waals surface area contributed by atoms with Crippen LogP contribution in [0.4, 0.5) is 0 Å². The third-order valence-electron chi connectivity index (χ3n) is 8.11. The molecule has 0 unspecified atom stereocenters. The van der Waals surface area contributed by atoms with Crippen molar-refractivity contribution in [3.8, 4) is 12.3 Å². The average molecular weight is 282 g/mol. The van der Waals surface area contributed by atoms with Gasteiger partial charge < -0.3 is 0 Å². The maximum Gasteiger partial charge on any atom is 0.0180 e. The van der Waals surface area contributed by atoms with Crippen molar-refractivity contribution in [1.29, 1.82) is 0 Å². The Morgan fingerprint density at radius 3 is 2.86 bits per heavy atom. The van der Waals surface area contributed by atoms with Crippen LogP contribution < -0.4 is 0 Å². The third kappa shape index (κ3) is 1.89. The van der Waals surface area contributed by atoms with Gasteiger partial charge in [0.15, 0.2) is 0 Å². The van der Waals surface area contributed by atoms with E-state index >= 15 is 0 Å². The highest BCUT2D eigenvalue weighted by Gasteiger charge is 2.57.